The van der Waals surface area contributed by atoms with E-state index in [-0.39, 0.29) is 0 Å². The minimum absolute atomic E-state index is 0.314. The van der Waals surface area contributed by atoms with Crippen molar-refractivity contribution in [1.82, 2.24) is 0 Å². The average Bonchev–Trinajstić information content (AvgIpc) is 2.55. The van der Waals surface area contributed by atoms with Crippen LogP contribution in [0.2, 0.25) is 0 Å². The Kier molecular flexibility index (Phi) is 2.66. The quantitative estimate of drug-likeness (QED) is 0.645. The van der Waals surface area contributed by atoms with E-state index in [0.717, 1.165) is 12.8 Å². The lowest BCUT2D eigenvalue weighted by atomic mass is 10.0. The van der Waals surface area contributed by atoms with Crippen LogP contribution in [-0.4, -0.2) is 23.8 Å². The summed E-state index contributed by atoms with van der Waals surface area (Å²) >= 11 is 0. The third-order valence-corrected chi connectivity index (χ3v) is 5.22. The predicted octanol–water partition coefficient (Wildman–Crippen LogP) is 2.12. The van der Waals surface area contributed by atoms with Crippen LogP contribution in [0.1, 0.15) is 32.1 Å². The molecule has 2 fully saturated rings. The van der Waals surface area contributed by atoms with Crippen LogP contribution in [0.5, 0.6) is 0 Å². The van der Waals surface area contributed by atoms with Crippen molar-refractivity contribution in [2.75, 3.05) is 13.2 Å². The van der Waals surface area contributed by atoms with Crippen LogP contribution < -0.4 is 0 Å². The highest BCUT2D eigenvalue weighted by Crippen LogP contribution is 2.66. The van der Waals surface area contributed by atoms with E-state index in [1.54, 1.807) is 0 Å². The Morgan fingerprint density at radius 2 is 1.58 bits per heavy atom. The van der Waals surface area contributed by atoms with Crippen molar-refractivity contribution in [1.29, 1.82) is 0 Å². The Hall–Kier alpha value is 0.310. The first kappa shape index (κ1) is 8.89. The highest BCUT2D eigenvalue weighted by Gasteiger charge is 2.53. The van der Waals surface area contributed by atoms with E-state index in [4.69, 9.17) is 9.05 Å². The molecule has 2 rings (SSSR count). The molecule has 0 unspecified atom stereocenters. The van der Waals surface area contributed by atoms with Gasteiger partial charge < -0.3 is 0 Å². The largest absolute Gasteiger partial charge is 0.412 e. The molecule has 2 aliphatic rings. The van der Waals surface area contributed by atoms with Gasteiger partial charge in [-0.1, -0.05) is 6.42 Å². The Bertz CT molecular complexity index is 150. The number of hydrogen-bond donors (Lipinski definition) is 1. The second kappa shape index (κ2) is 3.59. The second-order valence-electron chi connectivity index (χ2n) is 3.52. The van der Waals surface area contributed by atoms with Gasteiger partial charge in [-0.3, -0.25) is 0 Å². The smallest absolute Gasteiger partial charge is 0.192 e. The summed E-state index contributed by atoms with van der Waals surface area (Å²) in [5, 5.41) is 0. The molecule has 1 saturated carbocycles. The summed E-state index contributed by atoms with van der Waals surface area (Å²) < 4.78 is 10.6. The van der Waals surface area contributed by atoms with Crippen molar-refractivity contribution in [2.24, 2.45) is 0 Å². The summed E-state index contributed by atoms with van der Waals surface area (Å²) in [6.45, 7) is 1.17. The van der Waals surface area contributed by atoms with Gasteiger partial charge in [0.05, 0.1) is 0 Å². The van der Waals surface area contributed by atoms with Gasteiger partial charge in [-0.2, -0.15) is 13.9 Å². The van der Waals surface area contributed by atoms with E-state index in [1.165, 1.54) is 19.3 Å². The Morgan fingerprint density at radius 3 is 2.17 bits per heavy atom. The van der Waals surface area contributed by atoms with Crippen molar-refractivity contribution in [3.63, 3.8) is 0 Å². The molecule has 0 amide bonds. The van der Waals surface area contributed by atoms with E-state index >= 15 is 0 Å². The van der Waals surface area contributed by atoms with Crippen LogP contribution in [0.3, 0.4) is 0 Å². The Morgan fingerprint density at radius 1 is 1.00 bits per heavy atom. The maximum absolute atomic E-state index is 9.98. The standard InChI is InChI=1S/C8H16O3P/c9-12(10-6-7-11-12)8-4-2-1-3-5-8/h8-9H,1-7H2/q+1. The van der Waals surface area contributed by atoms with Crippen molar-refractivity contribution >= 4 is 7.94 Å². The van der Waals surface area contributed by atoms with Gasteiger partial charge in [-0.15, -0.1) is 0 Å². The topological polar surface area (TPSA) is 38.7 Å². The first-order valence-electron chi connectivity index (χ1n) is 4.72. The third kappa shape index (κ3) is 1.64. The molecule has 0 radical (unpaired) electrons. The molecular weight excluding hydrogens is 175 g/mol. The molecule has 0 aromatic heterocycles. The fraction of sp³-hybridized carbons (Fsp3) is 1.00. The van der Waals surface area contributed by atoms with E-state index < -0.39 is 7.94 Å². The molecule has 0 aromatic carbocycles. The first-order chi connectivity index (χ1) is 5.81. The summed E-state index contributed by atoms with van der Waals surface area (Å²) in [5.41, 5.74) is 0.314. The maximum atomic E-state index is 9.98. The van der Waals surface area contributed by atoms with Crippen molar-refractivity contribution in [2.45, 2.75) is 37.8 Å². The Labute approximate surface area is 73.6 Å². The molecule has 0 spiro atoms. The van der Waals surface area contributed by atoms with E-state index in [1.807, 2.05) is 0 Å². The monoisotopic (exact) mass is 191 g/mol. The molecule has 1 aliphatic heterocycles. The average molecular weight is 191 g/mol. The zero-order valence-electron chi connectivity index (χ0n) is 7.24. The fourth-order valence-electron chi connectivity index (χ4n) is 1.99. The number of hydrogen-bond acceptors (Lipinski definition) is 3. The second-order valence-corrected chi connectivity index (χ2v) is 5.90. The van der Waals surface area contributed by atoms with Gasteiger partial charge in [0, 0.05) is 0 Å². The van der Waals surface area contributed by atoms with Crippen LogP contribution in [0.25, 0.3) is 0 Å². The van der Waals surface area contributed by atoms with Crippen molar-refractivity contribution in [3.8, 4) is 0 Å². The summed E-state index contributed by atoms with van der Waals surface area (Å²) in [6.07, 6.45) is 5.92. The summed E-state index contributed by atoms with van der Waals surface area (Å²) in [7, 11) is -2.40. The molecule has 0 bridgehead atoms. The van der Waals surface area contributed by atoms with Gasteiger partial charge in [0.1, 0.15) is 13.2 Å². The SMILES string of the molecule is O[P+]1(C2CCCCC2)OCCO1. The lowest BCUT2D eigenvalue weighted by Crippen LogP contribution is -2.17. The molecule has 12 heavy (non-hydrogen) atoms. The van der Waals surface area contributed by atoms with Crippen molar-refractivity contribution in [3.05, 3.63) is 0 Å². The highest BCUT2D eigenvalue weighted by atomic mass is 31.2. The van der Waals surface area contributed by atoms with E-state index in [0.29, 0.717) is 18.9 Å². The zero-order chi connectivity index (χ0) is 8.44. The molecule has 0 atom stereocenters. The van der Waals surface area contributed by atoms with Gasteiger partial charge >= 0.3 is 7.94 Å². The molecule has 3 nitrogen and oxygen atoms in total. The molecule has 1 aliphatic carbocycles. The van der Waals surface area contributed by atoms with Gasteiger partial charge in [0.25, 0.3) is 0 Å². The minimum atomic E-state index is -2.40. The van der Waals surface area contributed by atoms with Crippen LogP contribution in [0.15, 0.2) is 0 Å². The highest BCUT2D eigenvalue weighted by molar-refractivity contribution is 7.61. The van der Waals surface area contributed by atoms with E-state index in [9.17, 15) is 4.89 Å². The van der Waals surface area contributed by atoms with Crippen LogP contribution >= 0.6 is 7.94 Å². The van der Waals surface area contributed by atoms with Gasteiger partial charge in [0.2, 0.25) is 0 Å². The van der Waals surface area contributed by atoms with Gasteiger partial charge in [-0.25, -0.2) is 0 Å². The molecule has 70 valence electrons. The van der Waals surface area contributed by atoms with Crippen molar-refractivity contribution < 1.29 is 13.9 Å². The van der Waals surface area contributed by atoms with Gasteiger partial charge in [0.15, 0.2) is 5.66 Å². The number of rotatable bonds is 1. The summed E-state index contributed by atoms with van der Waals surface area (Å²) in [4.78, 5) is 9.98. The normalized spacial score (nSPS) is 30.8. The molecule has 4 heteroatoms. The molecule has 1 N–H and O–H groups in total. The van der Waals surface area contributed by atoms with Crippen LogP contribution in [-0.2, 0) is 9.05 Å². The minimum Gasteiger partial charge on any atom is -0.192 e. The maximum Gasteiger partial charge on any atom is 0.412 e. The molecule has 1 saturated heterocycles. The van der Waals surface area contributed by atoms with Gasteiger partial charge in [-0.05, 0) is 25.7 Å². The lowest BCUT2D eigenvalue weighted by molar-refractivity contribution is 0.282. The summed E-state index contributed by atoms with van der Waals surface area (Å²) in [5.74, 6) is 0. The zero-order valence-corrected chi connectivity index (χ0v) is 8.13. The fourth-order valence-corrected chi connectivity index (χ4v) is 4.18. The van der Waals surface area contributed by atoms with Crippen LogP contribution in [0.4, 0.5) is 0 Å². The molecule has 0 aromatic rings. The first-order valence-corrected chi connectivity index (χ1v) is 6.36. The third-order valence-electron chi connectivity index (χ3n) is 2.67. The van der Waals surface area contributed by atoms with E-state index in [2.05, 4.69) is 0 Å². The van der Waals surface area contributed by atoms with Crippen LogP contribution in [0, 0.1) is 0 Å². The predicted molar refractivity (Wildman–Crippen MR) is 47.9 cm³/mol. The summed E-state index contributed by atoms with van der Waals surface area (Å²) in [6, 6.07) is 0. The molecule has 1 heterocycles. The lowest BCUT2D eigenvalue weighted by Gasteiger charge is -2.23. The molecular formula is C8H16O3P+. The Balaban J connectivity index is 1.96.